The average molecular weight is 788 g/mol. The summed E-state index contributed by atoms with van der Waals surface area (Å²) >= 11 is 4.17. The van der Waals surface area contributed by atoms with Crippen LogP contribution < -0.4 is 4.35 Å². The van der Waals surface area contributed by atoms with Crippen molar-refractivity contribution < 1.29 is 0 Å². The first-order valence-electron chi connectivity index (χ1n) is 19.3. The Morgan fingerprint density at radius 1 is 0.571 bits per heavy atom. The monoisotopic (exact) mass is 786 g/mol. The number of halogens is 1. The molecule has 3 aromatic carbocycles. The van der Waals surface area contributed by atoms with E-state index in [4.69, 9.17) is 0 Å². The van der Waals surface area contributed by atoms with E-state index < -0.39 is 0 Å². The third-order valence-electron chi connectivity index (χ3n) is 11.2. The van der Waals surface area contributed by atoms with Gasteiger partial charge in [-0.25, -0.2) is 0 Å². The van der Waals surface area contributed by atoms with Gasteiger partial charge in [0.25, 0.3) is 0 Å². The minimum atomic E-state index is -0.290. The number of hydrogen-bond donors (Lipinski definition) is 0. The van der Waals surface area contributed by atoms with E-state index in [9.17, 15) is 0 Å². The molecule has 0 aromatic heterocycles. The third-order valence-corrected chi connectivity index (χ3v) is 15.1. The van der Waals surface area contributed by atoms with Gasteiger partial charge in [-0.1, -0.05) is 0 Å². The van der Waals surface area contributed by atoms with Crippen LogP contribution in [0.2, 0.25) is 0 Å². The van der Waals surface area contributed by atoms with E-state index in [1.54, 1.807) is 4.35 Å². The number of hydrogen-bond acceptors (Lipinski definition) is 1. The van der Waals surface area contributed by atoms with Gasteiger partial charge in [0.2, 0.25) is 0 Å². The third kappa shape index (κ3) is 8.52. The van der Waals surface area contributed by atoms with Gasteiger partial charge in [0, 0.05) is 0 Å². The van der Waals surface area contributed by atoms with E-state index in [1.807, 2.05) is 0 Å². The van der Waals surface area contributed by atoms with Crippen LogP contribution in [0.4, 0.5) is 0 Å². The topological polar surface area (TPSA) is 3.24 Å². The number of rotatable bonds is 11. The Kier molecular flexibility index (Phi) is 13.0. The molecule has 0 bridgehead atoms. The number of piperidine rings is 1. The standard InChI is InChI=1S/C45H67AsBBrN/c1-27(2)33-23-37(29(5)6)41(38(24-33)30(7)8)35-19-17-20-36(42-39(31(9)10)25-34(28(3)4)26-40(42)32(11)12)43(35)46-47(48)49-44(13,14)21-18-22-45(49,15)16/h17,19-20,23-32H,18,21-22H2,1-16H3. The van der Waals surface area contributed by atoms with Crippen LogP contribution in [-0.4, -0.2) is 35.8 Å². The van der Waals surface area contributed by atoms with Crippen molar-refractivity contribution in [3.63, 3.8) is 0 Å². The Morgan fingerprint density at radius 3 is 1.18 bits per heavy atom. The van der Waals surface area contributed by atoms with Crippen LogP contribution in [0.25, 0.3) is 22.3 Å². The number of nitrogens with zero attached hydrogens (tertiary/aromatic N) is 1. The van der Waals surface area contributed by atoms with Gasteiger partial charge in [0.1, 0.15) is 0 Å². The average Bonchev–Trinajstić information content (AvgIpc) is 2.98. The van der Waals surface area contributed by atoms with Crippen molar-refractivity contribution >= 4 is 40.0 Å². The maximum atomic E-state index is 4.46. The number of benzene rings is 3. The van der Waals surface area contributed by atoms with E-state index in [0.29, 0.717) is 39.9 Å². The normalized spacial score (nSPS) is 16.9. The SMILES string of the molecule is CC(C)c1cc(C(C)C)c(-c2cccc(-c3c(C(C)C)cc(C(C)C)cc3C(C)C)c2[As]B(Br)N2C(C)(C)CCCC2(C)C)c(C(C)C)c1. The Bertz CT molecular complexity index is 1440. The van der Waals surface area contributed by atoms with Gasteiger partial charge in [-0.15, -0.1) is 0 Å². The zero-order valence-electron chi connectivity index (χ0n) is 34.0. The summed E-state index contributed by atoms with van der Waals surface area (Å²) in [6.07, 6.45) is 3.78. The van der Waals surface area contributed by atoms with Crippen LogP contribution in [0.3, 0.4) is 0 Å². The first kappa shape index (κ1) is 40.5. The molecule has 1 fully saturated rings. The molecule has 0 N–H and O–H groups in total. The summed E-state index contributed by atoms with van der Waals surface area (Å²) in [7, 11) is 0. The molecule has 0 aliphatic carbocycles. The fourth-order valence-electron chi connectivity index (χ4n) is 8.37. The van der Waals surface area contributed by atoms with Gasteiger partial charge in [0.15, 0.2) is 0 Å². The van der Waals surface area contributed by atoms with Crippen LogP contribution in [0.15, 0.2) is 42.5 Å². The van der Waals surface area contributed by atoms with Crippen molar-refractivity contribution in [3.8, 4) is 22.3 Å². The fraction of sp³-hybridized carbons (Fsp3) is 0.600. The summed E-state index contributed by atoms with van der Waals surface area (Å²) < 4.78 is 1.88. The first-order chi connectivity index (χ1) is 22.7. The molecule has 0 atom stereocenters. The zero-order valence-corrected chi connectivity index (χ0v) is 37.4. The van der Waals surface area contributed by atoms with Gasteiger partial charge >= 0.3 is 320 Å². The Morgan fingerprint density at radius 2 is 0.898 bits per heavy atom. The van der Waals surface area contributed by atoms with Gasteiger partial charge in [-0.2, -0.15) is 0 Å². The van der Waals surface area contributed by atoms with Crippen molar-refractivity contribution in [2.45, 2.75) is 177 Å². The molecule has 4 heteroatoms. The Balaban J connectivity index is 2.18. The van der Waals surface area contributed by atoms with Crippen molar-refractivity contribution in [1.29, 1.82) is 0 Å². The van der Waals surface area contributed by atoms with E-state index in [2.05, 4.69) is 174 Å². The molecule has 1 saturated heterocycles. The second-order valence-corrected chi connectivity index (χ2v) is 23.0. The van der Waals surface area contributed by atoms with E-state index in [-0.39, 0.29) is 26.7 Å². The molecule has 49 heavy (non-hydrogen) atoms. The molecule has 3 aromatic rings. The Hall–Kier alpha value is -1.28. The Labute approximate surface area is 317 Å². The molecule has 0 amide bonds. The predicted octanol–water partition coefficient (Wildman–Crippen LogP) is 13.5. The second kappa shape index (κ2) is 15.8. The summed E-state index contributed by atoms with van der Waals surface area (Å²) in [5.41, 5.74) is 15.1. The maximum absolute atomic E-state index is 4.46. The van der Waals surface area contributed by atoms with Crippen LogP contribution >= 0.6 is 15.8 Å². The van der Waals surface area contributed by atoms with Crippen molar-refractivity contribution in [2.24, 2.45) is 0 Å². The minimum absolute atomic E-state index is 0.136. The van der Waals surface area contributed by atoms with Gasteiger partial charge in [0.05, 0.1) is 0 Å². The molecule has 267 valence electrons. The fourth-order valence-corrected chi connectivity index (χ4v) is 13.9. The van der Waals surface area contributed by atoms with Crippen LogP contribution in [-0.2, 0) is 0 Å². The summed E-state index contributed by atoms with van der Waals surface area (Å²) in [6, 6.07) is 17.5. The van der Waals surface area contributed by atoms with Crippen molar-refractivity contribution in [1.82, 2.24) is 4.81 Å². The zero-order chi connectivity index (χ0) is 36.7. The molecule has 1 radical (unpaired) electrons. The van der Waals surface area contributed by atoms with Crippen molar-refractivity contribution in [2.75, 3.05) is 0 Å². The molecule has 4 rings (SSSR count). The summed E-state index contributed by atoms with van der Waals surface area (Å²) in [4.78, 5) is 2.85. The molecular formula is C45H67AsBBrN. The van der Waals surface area contributed by atoms with E-state index in [1.165, 1.54) is 74.9 Å². The van der Waals surface area contributed by atoms with E-state index in [0.717, 1.165) is 0 Å². The van der Waals surface area contributed by atoms with Crippen LogP contribution in [0.1, 0.15) is 199 Å². The van der Waals surface area contributed by atoms with Crippen LogP contribution in [0.5, 0.6) is 0 Å². The summed E-state index contributed by atoms with van der Waals surface area (Å²) in [5.74, 6) is 2.72. The summed E-state index contributed by atoms with van der Waals surface area (Å²) in [5, 5.41) is 0. The molecule has 1 aliphatic heterocycles. The van der Waals surface area contributed by atoms with Gasteiger partial charge in [-0.3, -0.25) is 0 Å². The molecule has 1 heterocycles. The molecule has 0 unspecified atom stereocenters. The summed E-state index contributed by atoms with van der Waals surface area (Å²) in [6.45, 7) is 38.5. The molecule has 1 aliphatic rings. The second-order valence-electron chi connectivity index (χ2n) is 18.1. The van der Waals surface area contributed by atoms with Gasteiger partial charge < -0.3 is 0 Å². The molecule has 1 nitrogen and oxygen atoms in total. The molecule has 0 spiro atoms. The molecule has 0 saturated carbocycles. The van der Waals surface area contributed by atoms with E-state index >= 15 is 0 Å². The molecular weight excluding hydrogens is 720 g/mol. The predicted molar refractivity (Wildman–Crippen MR) is 226 cm³/mol. The van der Waals surface area contributed by atoms with Gasteiger partial charge in [-0.05, 0) is 0 Å². The quantitative estimate of drug-likeness (QED) is 0.175. The van der Waals surface area contributed by atoms with Crippen molar-refractivity contribution in [3.05, 3.63) is 75.8 Å². The first-order valence-corrected chi connectivity index (χ1v) is 22.3. The van der Waals surface area contributed by atoms with Crippen LogP contribution in [0, 0.1) is 0 Å².